The zero-order valence-electron chi connectivity index (χ0n) is 9.50. The first kappa shape index (κ1) is 12.8. The molecule has 1 aliphatic rings. The van der Waals surface area contributed by atoms with Gasteiger partial charge in [0.05, 0.1) is 6.04 Å². The van der Waals surface area contributed by atoms with Crippen LogP contribution in [0.3, 0.4) is 0 Å². The largest absolute Gasteiger partial charge is 0.351 e. The number of carbonyl (C=O) groups is 1. The van der Waals surface area contributed by atoms with E-state index in [0.717, 1.165) is 31.4 Å². The van der Waals surface area contributed by atoms with Crippen LogP contribution in [-0.4, -0.2) is 29.5 Å². The number of nitrogens with two attached hydrogens (primary N) is 1. The molecule has 0 bridgehead atoms. The number of hydrogen-bond donors (Lipinski definition) is 2. The molecule has 2 unspecified atom stereocenters. The Morgan fingerprint density at radius 1 is 1.67 bits per heavy atom. The summed E-state index contributed by atoms with van der Waals surface area (Å²) in [6, 6.07) is 0.0424. The molecule has 4 heteroatoms. The van der Waals surface area contributed by atoms with Gasteiger partial charge in [-0.1, -0.05) is 19.8 Å². The SMILES string of the molecule is CCCCC(N)C(=O)NC1CCCSC1. The summed E-state index contributed by atoms with van der Waals surface area (Å²) in [5.74, 6) is 2.32. The maximum absolute atomic E-state index is 11.7. The molecule has 0 spiro atoms. The summed E-state index contributed by atoms with van der Waals surface area (Å²) in [5, 5.41) is 3.04. The third kappa shape index (κ3) is 4.89. The maximum atomic E-state index is 11.7. The van der Waals surface area contributed by atoms with Gasteiger partial charge in [-0.3, -0.25) is 4.79 Å². The highest BCUT2D eigenvalue weighted by Gasteiger charge is 2.19. The van der Waals surface area contributed by atoms with Crippen LogP contribution in [0.25, 0.3) is 0 Å². The summed E-state index contributed by atoms with van der Waals surface area (Å²) >= 11 is 1.92. The molecule has 3 N–H and O–H groups in total. The van der Waals surface area contributed by atoms with Gasteiger partial charge in [-0.05, 0) is 25.0 Å². The fourth-order valence-electron chi connectivity index (χ4n) is 1.72. The second-order valence-electron chi connectivity index (χ2n) is 4.17. The van der Waals surface area contributed by atoms with Gasteiger partial charge in [-0.2, -0.15) is 11.8 Å². The van der Waals surface area contributed by atoms with Gasteiger partial charge in [0, 0.05) is 11.8 Å². The van der Waals surface area contributed by atoms with E-state index in [1.165, 1.54) is 12.2 Å². The van der Waals surface area contributed by atoms with Crippen molar-refractivity contribution < 1.29 is 4.79 Å². The van der Waals surface area contributed by atoms with Crippen molar-refractivity contribution in [2.75, 3.05) is 11.5 Å². The lowest BCUT2D eigenvalue weighted by molar-refractivity contribution is -0.123. The van der Waals surface area contributed by atoms with E-state index < -0.39 is 0 Å². The molecule has 0 aliphatic carbocycles. The molecular formula is C11H22N2OS. The predicted molar refractivity (Wildman–Crippen MR) is 66.0 cm³/mol. The molecule has 1 rings (SSSR count). The van der Waals surface area contributed by atoms with Crippen LogP contribution >= 0.6 is 11.8 Å². The minimum absolute atomic E-state index is 0.0379. The number of carbonyl (C=O) groups excluding carboxylic acids is 1. The summed E-state index contributed by atoms with van der Waals surface area (Å²) < 4.78 is 0. The second kappa shape index (κ2) is 7.12. The molecule has 15 heavy (non-hydrogen) atoms. The summed E-state index contributed by atoms with van der Waals surface area (Å²) in [4.78, 5) is 11.7. The van der Waals surface area contributed by atoms with E-state index in [0.29, 0.717) is 6.04 Å². The minimum atomic E-state index is -0.308. The lowest BCUT2D eigenvalue weighted by atomic mass is 10.1. The molecule has 1 aliphatic heterocycles. The minimum Gasteiger partial charge on any atom is -0.351 e. The molecule has 2 atom stereocenters. The zero-order chi connectivity index (χ0) is 11.1. The highest BCUT2D eigenvalue weighted by Crippen LogP contribution is 2.16. The summed E-state index contributed by atoms with van der Waals surface area (Å²) in [7, 11) is 0. The van der Waals surface area contributed by atoms with Gasteiger partial charge in [-0.15, -0.1) is 0 Å². The Kier molecular flexibility index (Phi) is 6.10. The molecule has 0 saturated carbocycles. The van der Waals surface area contributed by atoms with Crippen molar-refractivity contribution in [2.45, 2.75) is 51.1 Å². The lowest BCUT2D eigenvalue weighted by Crippen LogP contribution is -2.47. The molecule has 3 nitrogen and oxygen atoms in total. The first-order chi connectivity index (χ1) is 7.24. The van der Waals surface area contributed by atoms with E-state index in [9.17, 15) is 4.79 Å². The summed E-state index contributed by atoms with van der Waals surface area (Å²) in [6.45, 7) is 2.11. The molecular weight excluding hydrogens is 208 g/mol. The van der Waals surface area contributed by atoms with Crippen LogP contribution in [0.15, 0.2) is 0 Å². The number of amides is 1. The summed E-state index contributed by atoms with van der Waals surface area (Å²) in [6.07, 6.45) is 5.26. The number of unbranched alkanes of at least 4 members (excludes halogenated alkanes) is 1. The fraction of sp³-hybridized carbons (Fsp3) is 0.909. The molecule has 0 radical (unpaired) electrons. The highest BCUT2D eigenvalue weighted by atomic mass is 32.2. The van der Waals surface area contributed by atoms with Gasteiger partial charge >= 0.3 is 0 Å². The third-order valence-corrected chi connectivity index (χ3v) is 3.93. The highest BCUT2D eigenvalue weighted by molar-refractivity contribution is 7.99. The van der Waals surface area contributed by atoms with Crippen molar-refractivity contribution in [1.82, 2.24) is 5.32 Å². The first-order valence-corrected chi connectivity index (χ1v) is 7.03. The van der Waals surface area contributed by atoms with Crippen LogP contribution in [0.1, 0.15) is 39.0 Å². The Morgan fingerprint density at radius 2 is 2.47 bits per heavy atom. The van der Waals surface area contributed by atoms with Crippen molar-refractivity contribution in [3.05, 3.63) is 0 Å². The smallest absolute Gasteiger partial charge is 0.237 e. The maximum Gasteiger partial charge on any atom is 0.237 e. The zero-order valence-corrected chi connectivity index (χ0v) is 10.3. The fourth-order valence-corrected chi connectivity index (χ4v) is 2.79. The third-order valence-electron chi connectivity index (χ3n) is 2.71. The van der Waals surface area contributed by atoms with E-state index in [-0.39, 0.29) is 11.9 Å². The van der Waals surface area contributed by atoms with E-state index in [4.69, 9.17) is 5.73 Å². The average molecular weight is 230 g/mol. The number of thioether (sulfide) groups is 1. The Balaban J connectivity index is 2.20. The topological polar surface area (TPSA) is 55.1 Å². The van der Waals surface area contributed by atoms with Gasteiger partial charge < -0.3 is 11.1 Å². The van der Waals surface area contributed by atoms with E-state index in [1.54, 1.807) is 0 Å². The van der Waals surface area contributed by atoms with E-state index >= 15 is 0 Å². The number of hydrogen-bond acceptors (Lipinski definition) is 3. The Morgan fingerprint density at radius 3 is 3.07 bits per heavy atom. The Bertz CT molecular complexity index is 193. The summed E-state index contributed by atoms with van der Waals surface area (Å²) in [5.41, 5.74) is 5.80. The molecule has 0 aromatic rings. The van der Waals surface area contributed by atoms with Gasteiger partial charge in [0.15, 0.2) is 0 Å². The van der Waals surface area contributed by atoms with Crippen LogP contribution in [-0.2, 0) is 4.79 Å². The molecule has 1 amide bonds. The van der Waals surface area contributed by atoms with Crippen LogP contribution in [0.5, 0.6) is 0 Å². The van der Waals surface area contributed by atoms with Gasteiger partial charge in [-0.25, -0.2) is 0 Å². The first-order valence-electron chi connectivity index (χ1n) is 5.87. The van der Waals surface area contributed by atoms with Gasteiger partial charge in [0.1, 0.15) is 0 Å². The molecule has 0 aromatic heterocycles. The predicted octanol–water partition coefficient (Wildman–Crippen LogP) is 1.52. The van der Waals surface area contributed by atoms with E-state index in [2.05, 4.69) is 12.2 Å². The monoisotopic (exact) mass is 230 g/mol. The van der Waals surface area contributed by atoms with Crippen LogP contribution in [0.4, 0.5) is 0 Å². The van der Waals surface area contributed by atoms with Crippen molar-refractivity contribution in [1.29, 1.82) is 0 Å². The quantitative estimate of drug-likeness (QED) is 0.753. The van der Waals surface area contributed by atoms with Crippen molar-refractivity contribution in [3.63, 3.8) is 0 Å². The number of nitrogens with one attached hydrogen (secondary N) is 1. The average Bonchev–Trinajstić information content (AvgIpc) is 2.27. The van der Waals surface area contributed by atoms with Crippen LogP contribution in [0, 0.1) is 0 Å². The van der Waals surface area contributed by atoms with Gasteiger partial charge in [0.25, 0.3) is 0 Å². The molecule has 1 heterocycles. The number of rotatable bonds is 5. The van der Waals surface area contributed by atoms with Crippen molar-refractivity contribution in [3.8, 4) is 0 Å². The lowest BCUT2D eigenvalue weighted by Gasteiger charge is -2.24. The standard InChI is InChI=1S/C11H22N2OS/c1-2-3-6-10(12)11(14)13-9-5-4-7-15-8-9/h9-10H,2-8,12H2,1H3,(H,13,14). The van der Waals surface area contributed by atoms with Crippen LogP contribution in [0.2, 0.25) is 0 Å². The van der Waals surface area contributed by atoms with Crippen LogP contribution < -0.4 is 11.1 Å². The van der Waals surface area contributed by atoms with Gasteiger partial charge in [0.2, 0.25) is 5.91 Å². The van der Waals surface area contributed by atoms with Crippen molar-refractivity contribution >= 4 is 17.7 Å². The van der Waals surface area contributed by atoms with E-state index in [1.807, 2.05) is 11.8 Å². The second-order valence-corrected chi connectivity index (χ2v) is 5.32. The normalized spacial score (nSPS) is 23.5. The molecule has 0 aromatic carbocycles. The Labute approximate surface area is 96.6 Å². The molecule has 88 valence electrons. The molecule has 1 fully saturated rings. The Hall–Kier alpha value is -0.220. The molecule has 1 saturated heterocycles. The van der Waals surface area contributed by atoms with Crippen molar-refractivity contribution in [2.24, 2.45) is 5.73 Å².